The summed E-state index contributed by atoms with van der Waals surface area (Å²) in [4.78, 5) is 16.5. The van der Waals surface area contributed by atoms with Crippen LogP contribution in [0.2, 0.25) is 0 Å². The first-order chi connectivity index (χ1) is 11.0. The molecule has 2 aromatic rings. The summed E-state index contributed by atoms with van der Waals surface area (Å²) >= 11 is 0. The molecular weight excluding hydrogens is 292 g/mol. The summed E-state index contributed by atoms with van der Waals surface area (Å²) < 4.78 is 5.24. The molecule has 23 heavy (non-hydrogen) atoms. The van der Waals surface area contributed by atoms with Gasteiger partial charge in [-0.15, -0.1) is 6.58 Å². The maximum Gasteiger partial charge on any atom is 0.263 e. The van der Waals surface area contributed by atoms with Crippen molar-refractivity contribution in [3.05, 3.63) is 53.3 Å². The average Bonchev–Trinajstić information content (AvgIpc) is 2.86. The van der Waals surface area contributed by atoms with Crippen molar-refractivity contribution in [1.82, 2.24) is 10.5 Å². The van der Waals surface area contributed by atoms with Crippen LogP contribution in [0.1, 0.15) is 27.2 Å². The lowest BCUT2D eigenvalue weighted by molar-refractivity contribution is 0.0975. The normalized spacial score (nSPS) is 11.3. The number of carbonyl (C=O) groups is 1. The smallest absolute Gasteiger partial charge is 0.263 e. The van der Waals surface area contributed by atoms with Gasteiger partial charge in [-0.05, 0) is 31.9 Å². The second-order valence-electron chi connectivity index (χ2n) is 5.20. The maximum atomic E-state index is 12.5. The molecule has 0 unspecified atom stereocenters. The SMILES string of the molecule is C=CCN=C(N)NC(=O)c1c(-c2c(C)cccc2C)noc1C. The zero-order chi connectivity index (χ0) is 17.0. The Labute approximate surface area is 135 Å². The molecule has 120 valence electrons. The predicted molar refractivity (Wildman–Crippen MR) is 90.3 cm³/mol. The molecule has 0 aliphatic carbocycles. The number of carbonyl (C=O) groups excluding carboxylic acids is 1. The number of rotatable bonds is 4. The molecule has 0 spiro atoms. The van der Waals surface area contributed by atoms with E-state index in [9.17, 15) is 4.79 Å². The van der Waals surface area contributed by atoms with E-state index < -0.39 is 5.91 Å². The second-order valence-corrected chi connectivity index (χ2v) is 5.20. The number of guanidine groups is 1. The Morgan fingerprint density at radius 1 is 1.39 bits per heavy atom. The number of aliphatic imine (C=N–C) groups is 1. The summed E-state index contributed by atoms with van der Waals surface area (Å²) in [5.74, 6) is 0.0614. The Hall–Kier alpha value is -2.89. The van der Waals surface area contributed by atoms with Crippen molar-refractivity contribution in [1.29, 1.82) is 0 Å². The van der Waals surface area contributed by atoms with Gasteiger partial charge >= 0.3 is 0 Å². The molecule has 0 saturated heterocycles. The fourth-order valence-electron chi connectivity index (χ4n) is 2.38. The molecule has 0 radical (unpaired) electrons. The standard InChI is InChI=1S/C17H20N4O2/c1-5-9-19-17(18)20-16(22)14-12(4)23-21-15(14)13-10(2)7-6-8-11(13)3/h5-8H,1,9H2,2-4H3,(H3,18,19,20,22). The molecule has 2 rings (SSSR count). The molecule has 1 aromatic carbocycles. The van der Waals surface area contributed by atoms with Gasteiger partial charge in [0.15, 0.2) is 5.96 Å². The van der Waals surface area contributed by atoms with Crippen molar-refractivity contribution in [2.24, 2.45) is 10.7 Å². The van der Waals surface area contributed by atoms with Crippen LogP contribution >= 0.6 is 0 Å². The molecular formula is C17H20N4O2. The lowest BCUT2D eigenvalue weighted by Crippen LogP contribution is -2.37. The largest absolute Gasteiger partial charge is 0.370 e. The fourth-order valence-corrected chi connectivity index (χ4v) is 2.38. The van der Waals surface area contributed by atoms with Crippen molar-refractivity contribution in [2.45, 2.75) is 20.8 Å². The van der Waals surface area contributed by atoms with Crippen LogP contribution in [0.3, 0.4) is 0 Å². The summed E-state index contributed by atoms with van der Waals surface area (Å²) in [6.07, 6.45) is 1.59. The molecule has 1 aromatic heterocycles. The van der Waals surface area contributed by atoms with Crippen molar-refractivity contribution >= 4 is 11.9 Å². The third-order valence-electron chi connectivity index (χ3n) is 3.44. The van der Waals surface area contributed by atoms with Gasteiger partial charge in [0.2, 0.25) is 0 Å². The zero-order valence-corrected chi connectivity index (χ0v) is 13.5. The van der Waals surface area contributed by atoms with Crippen LogP contribution in [0.15, 0.2) is 40.4 Å². The van der Waals surface area contributed by atoms with E-state index >= 15 is 0 Å². The highest BCUT2D eigenvalue weighted by Gasteiger charge is 2.24. The van der Waals surface area contributed by atoms with Crippen LogP contribution < -0.4 is 11.1 Å². The highest BCUT2D eigenvalue weighted by molar-refractivity contribution is 6.09. The van der Waals surface area contributed by atoms with Crippen LogP contribution in [0.25, 0.3) is 11.3 Å². The van der Waals surface area contributed by atoms with Gasteiger partial charge in [-0.3, -0.25) is 10.1 Å². The van der Waals surface area contributed by atoms with E-state index in [-0.39, 0.29) is 5.96 Å². The summed E-state index contributed by atoms with van der Waals surface area (Å²) in [7, 11) is 0. The van der Waals surface area contributed by atoms with Crippen molar-refractivity contribution in [2.75, 3.05) is 6.54 Å². The first-order valence-electron chi connectivity index (χ1n) is 7.20. The van der Waals surface area contributed by atoms with Crippen LogP contribution in [-0.4, -0.2) is 23.6 Å². The Bertz CT molecular complexity index is 755. The van der Waals surface area contributed by atoms with Crippen LogP contribution in [-0.2, 0) is 0 Å². The minimum Gasteiger partial charge on any atom is -0.370 e. The van der Waals surface area contributed by atoms with Gasteiger partial charge in [0, 0.05) is 5.56 Å². The fraction of sp³-hybridized carbons (Fsp3) is 0.235. The summed E-state index contributed by atoms with van der Waals surface area (Å²) in [5.41, 5.74) is 9.47. The summed E-state index contributed by atoms with van der Waals surface area (Å²) in [6.45, 7) is 9.50. The highest BCUT2D eigenvalue weighted by atomic mass is 16.5. The third-order valence-corrected chi connectivity index (χ3v) is 3.44. The van der Waals surface area contributed by atoms with Crippen molar-refractivity contribution in [3.63, 3.8) is 0 Å². The monoisotopic (exact) mass is 312 g/mol. The van der Waals surface area contributed by atoms with E-state index in [4.69, 9.17) is 10.3 Å². The molecule has 3 N–H and O–H groups in total. The molecule has 6 nitrogen and oxygen atoms in total. The summed E-state index contributed by atoms with van der Waals surface area (Å²) in [5, 5.41) is 6.61. The van der Waals surface area contributed by atoms with E-state index in [0.29, 0.717) is 23.6 Å². The molecule has 0 aliphatic rings. The van der Waals surface area contributed by atoms with Gasteiger partial charge in [-0.2, -0.15) is 0 Å². The molecule has 0 aliphatic heterocycles. The number of nitrogens with zero attached hydrogens (tertiary/aromatic N) is 2. The minimum atomic E-state index is -0.397. The number of hydrogen-bond acceptors (Lipinski definition) is 4. The Kier molecular flexibility index (Phi) is 4.95. The van der Waals surface area contributed by atoms with Gasteiger partial charge < -0.3 is 10.3 Å². The maximum absolute atomic E-state index is 12.5. The number of nitrogens with two attached hydrogens (primary N) is 1. The quantitative estimate of drug-likeness (QED) is 0.515. The Morgan fingerprint density at radius 2 is 2.04 bits per heavy atom. The number of aromatic nitrogens is 1. The number of aryl methyl sites for hydroxylation is 3. The van der Waals surface area contributed by atoms with Crippen LogP contribution in [0.4, 0.5) is 0 Å². The van der Waals surface area contributed by atoms with Gasteiger partial charge in [0.1, 0.15) is 17.0 Å². The first kappa shape index (κ1) is 16.5. The van der Waals surface area contributed by atoms with Crippen molar-refractivity contribution < 1.29 is 9.32 Å². The van der Waals surface area contributed by atoms with Gasteiger partial charge in [0.25, 0.3) is 5.91 Å². The average molecular weight is 312 g/mol. The molecule has 1 heterocycles. The predicted octanol–water partition coefficient (Wildman–Crippen LogP) is 2.50. The molecule has 6 heteroatoms. The van der Waals surface area contributed by atoms with Gasteiger partial charge in [-0.25, -0.2) is 4.99 Å². The number of nitrogens with one attached hydrogen (secondary N) is 1. The lowest BCUT2D eigenvalue weighted by atomic mass is 9.96. The second kappa shape index (κ2) is 6.91. The third kappa shape index (κ3) is 3.48. The van der Waals surface area contributed by atoms with E-state index in [2.05, 4.69) is 22.0 Å². The number of benzene rings is 1. The molecule has 0 atom stereocenters. The minimum absolute atomic E-state index is 0.0305. The van der Waals surface area contributed by atoms with E-state index in [1.807, 2.05) is 32.0 Å². The first-order valence-corrected chi connectivity index (χ1v) is 7.20. The topological polar surface area (TPSA) is 93.5 Å². The van der Waals surface area contributed by atoms with E-state index in [0.717, 1.165) is 16.7 Å². The lowest BCUT2D eigenvalue weighted by Gasteiger charge is -2.09. The van der Waals surface area contributed by atoms with Gasteiger partial charge in [-0.1, -0.05) is 29.4 Å². The number of amides is 1. The van der Waals surface area contributed by atoms with Crippen LogP contribution in [0.5, 0.6) is 0 Å². The zero-order valence-electron chi connectivity index (χ0n) is 13.5. The molecule has 0 saturated carbocycles. The van der Waals surface area contributed by atoms with E-state index in [1.54, 1.807) is 13.0 Å². The molecule has 0 bridgehead atoms. The Morgan fingerprint density at radius 3 is 2.65 bits per heavy atom. The number of hydrogen-bond donors (Lipinski definition) is 2. The Balaban J connectivity index is 2.43. The van der Waals surface area contributed by atoms with Crippen LogP contribution in [0, 0.1) is 20.8 Å². The van der Waals surface area contributed by atoms with E-state index in [1.165, 1.54) is 0 Å². The summed E-state index contributed by atoms with van der Waals surface area (Å²) in [6, 6.07) is 5.89. The van der Waals surface area contributed by atoms with Crippen molar-refractivity contribution in [3.8, 4) is 11.3 Å². The molecule has 1 amide bonds. The molecule has 0 fully saturated rings. The highest BCUT2D eigenvalue weighted by Crippen LogP contribution is 2.30. The van der Waals surface area contributed by atoms with Gasteiger partial charge in [0.05, 0.1) is 6.54 Å².